The van der Waals surface area contributed by atoms with E-state index in [-0.39, 0.29) is 13.0 Å². The van der Waals surface area contributed by atoms with Gasteiger partial charge in [0.15, 0.2) is 0 Å². The summed E-state index contributed by atoms with van der Waals surface area (Å²) in [6.45, 7) is 1.77. The molecule has 1 amide bonds. The molecule has 0 fully saturated rings. The minimum Gasteiger partial charge on any atom is -0.387 e. The molecule has 0 unspecified atom stereocenters. The Kier molecular flexibility index (Phi) is 5.14. The highest BCUT2D eigenvalue weighted by molar-refractivity contribution is 5.99. The first-order valence-corrected chi connectivity index (χ1v) is 5.83. The summed E-state index contributed by atoms with van der Waals surface area (Å²) in [5.74, 6) is -0.431. The third-order valence-corrected chi connectivity index (χ3v) is 2.48. The van der Waals surface area contributed by atoms with Crippen LogP contribution in [0.4, 0.5) is 18.9 Å². The van der Waals surface area contributed by atoms with Gasteiger partial charge in [0.05, 0.1) is 11.3 Å². The Hall–Kier alpha value is -1.79. The van der Waals surface area contributed by atoms with Crippen molar-refractivity contribution in [2.75, 3.05) is 18.9 Å². The predicted octanol–water partition coefficient (Wildman–Crippen LogP) is 2.50. The molecular weight excluding hydrogens is 259 g/mol. The van der Waals surface area contributed by atoms with Crippen LogP contribution in [0.3, 0.4) is 0 Å². The highest BCUT2D eigenvalue weighted by atomic mass is 19.4. The van der Waals surface area contributed by atoms with Gasteiger partial charge in [0, 0.05) is 31.9 Å². The fourth-order valence-corrected chi connectivity index (χ4v) is 1.53. The van der Waals surface area contributed by atoms with Crippen LogP contribution in [0.5, 0.6) is 0 Å². The van der Waals surface area contributed by atoms with Gasteiger partial charge in [-0.25, -0.2) is 0 Å². The number of pyridine rings is 1. The molecule has 106 valence electrons. The molecule has 0 bridgehead atoms. The first-order valence-electron chi connectivity index (χ1n) is 5.83. The molecule has 0 aromatic carbocycles. The number of carbonyl (C=O) groups excluding carboxylic acids is 1. The van der Waals surface area contributed by atoms with Crippen molar-refractivity contribution >= 4 is 11.6 Å². The van der Waals surface area contributed by atoms with E-state index in [2.05, 4.69) is 15.6 Å². The fourth-order valence-electron chi connectivity index (χ4n) is 1.53. The number of rotatable bonds is 5. The van der Waals surface area contributed by atoms with Crippen molar-refractivity contribution in [1.82, 2.24) is 10.3 Å². The average Bonchev–Trinajstić information content (AvgIpc) is 2.33. The van der Waals surface area contributed by atoms with Crippen molar-refractivity contribution in [1.29, 1.82) is 0 Å². The zero-order valence-electron chi connectivity index (χ0n) is 10.8. The fraction of sp³-hybridized carbons (Fsp3) is 0.500. The number of anilines is 1. The van der Waals surface area contributed by atoms with Crippen LogP contribution in [-0.4, -0.2) is 30.7 Å². The molecule has 1 aromatic heterocycles. The van der Waals surface area contributed by atoms with Crippen molar-refractivity contribution in [3.63, 3.8) is 0 Å². The lowest BCUT2D eigenvalue weighted by Gasteiger charge is -2.10. The molecule has 0 radical (unpaired) electrons. The minimum absolute atomic E-state index is 0.0185. The summed E-state index contributed by atoms with van der Waals surface area (Å²) in [5.41, 5.74) is 1.67. The first kappa shape index (κ1) is 15.3. The van der Waals surface area contributed by atoms with Gasteiger partial charge >= 0.3 is 6.18 Å². The Bertz CT molecular complexity index is 446. The number of nitrogens with one attached hydrogen (secondary N) is 2. The molecule has 1 aromatic rings. The second-order valence-corrected chi connectivity index (χ2v) is 4.10. The van der Waals surface area contributed by atoms with Crippen LogP contribution in [0.1, 0.15) is 28.9 Å². The van der Waals surface area contributed by atoms with Gasteiger partial charge in [-0.1, -0.05) is 0 Å². The van der Waals surface area contributed by atoms with Crippen LogP contribution in [0, 0.1) is 6.92 Å². The van der Waals surface area contributed by atoms with E-state index >= 15 is 0 Å². The second-order valence-electron chi connectivity index (χ2n) is 4.10. The number of amides is 1. The highest BCUT2D eigenvalue weighted by Crippen LogP contribution is 2.21. The Balaban J connectivity index is 2.54. The summed E-state index contributed by atoms with van der Waals surface area (Å²) in [5, 5.41) is 5.30. The number of aromatic nitrogens is 1. The van der Waals surface area contributed by atoms with E-state index < -0.39 is 18.5 Å². The van der Waals surface area contributed by atoms with E-state index in [1.54, 1.807) is 20.0 Å². The molecule has 0 atom stereocenters. The summed E-state index contributed by atoms with van der Waals surface area (Å²) in [6.07, 6.45) is -3.83. The molecule has 1 rings (SSSR count). The molecule has 0 saturated heterocycles. The minimum atomic E-state index is -4.19. The molecular formula is C12H16F3N3O. The monoisotopic (exact) mass is 275 g/mol. The van der Waals surface area contributed by atoms with Crippen molar-refractivity contribution in [2.24, 2.45) is 0 Å². The molecule has 19 heavy (non-hydrogen) atoms. The summed E-state index contributed by atoms with van der Waals surface area (Å²) < 4.78 is 35.8. The lowest BCUT2D eigenvalue weighted by molar-refractivity contribution is -0.135. The summed E-state index contributed by atoms with van der Waals surface area (Å²) in [7, 11) is 1.66. The number of carbonyl (C=O) groups is 1. The SMILES string of the molecule is CNc1cc(C)ncc1C(=O)NCCCC(F)(F)F. The Morgan fingerprint density at radius 1 is 1.42 bits per heavy atom. The number of hydrogen-bond donors (Lipinski definition) is 2. The maximum atomic E-state index is 11.9. The summed E-state index contributed by atoms with van der Waals surface area (Å²) in [4.78, 5) is 15.8. The maximum Gasteiger partial charge on any atom is 0.389 e. The number of nitrogens with zero attached hydrogens (tertiary/aromatic N) is 1. The largest absolute Gasteiger partial charge is 0.389 e. The molecule has 0 aliphatic rings. The number of halogens is 3. The van der Waals surface area contributed by atoms with Crippen LogP contribution in [0.2, 0.25) is 0 Å². The first-order chi connectivity index (χ1) is 8.83. The van der Waals surface area contributed by atoms with E-state index in [1.807, 2.05) is 0 Å². The normalized spacial score (nSPS) is 11.2. The summed E-state index contributed by atoms with van der Waals surface area (Å²) >= 11 is 0. The Labute approximate surface area is 109 Å². The topological polar surface area (TPSA) is 54.0 Å². The number of alkyl halides is 3. The summed E-state index contributed by atoms with van der Waals surface area (Å²) in [6, 6.07) is 1.70. The highest BCUT2D eigenvalue weighted by Gasteiger charge is 2.26. The third kappa shape index (κ3) is 5.15. The van der Waals surface area contributed by atoms with Gasteiger partial charge in [0.1, 0.15) is 0 Å². The van der Waals surface area contributed by atoms with Crippen molar-refractivity contribution in [3.8, 4) is 0 Å². The molecule has 7 heteroatoms. The van der Waals surface area contributed by atoms with E-state index in [0.717, 1.165) is 5.69 Å². The lowest BCUT2D eigenvalue weighted by Crippen LogP contribution is -2.26. The third-order valence-electron chi connectivity index (χ3n) is 2.48. The smallest absolute Gasteiger partial charge is 0.387 e. The van der Waals surface area contributed by atoms with Crippen LogP contribution < -0.4 is 10.6 Å². The van der Waals surface area contributed by atoms with Crippen LogP contribution >= 0.6 is 0 Å². The van der Waals surface area contributed by atoms with Gasteiger partial charge in [-0.2, -0.15) is 13.2 Å². The lowest BCUT2D eigenvalue weighted by atomic mass is 10.2. The van der Waals surface area contributed by atoms with Crippen molar-refractivity contribution in [2.45, 2.75) is 25.9 Å². The quantitative estimate of drug-likeness (QED) is 0.812. The molecule has 1 heterocycles. The second kappa shape index (κ2) is 6.40. The average molecular weight is 275 g/mol. The van der Waals surface area contributed by atoms with Gasteiger partial charge in [0.2, 0.25) is 0 Å². The van der Waals surface area contributed by atoms with Crippen LogP contribution in [0.15, 0.2) is 12.3 Å². The molecule has 0 spiro atoms. The van der Waals surface area contributed by atoms with E-state index in [0.29, 0.717) is 11.3 Å². The van der Waals surface area contributed by atoms with Crippen molar-refractivity contribution < 1.29 is 18.0 Å². The van der Waals surface area contributed by atoms with E-state index in [9.17, 15) is 18.0 Å². The molecule has 2 N–H and O–H groups in total. The van der Waals surface area contributed by atoms with E-state index in [4.69, 9.17) is 0 Å². The molecule has 0 aliphatic heterocycles. The van der Waals surface area contributed by atoms with Gasteiger partial charge in [-0.15, -0.1) is 0 Å². The zero-order valence-corrected chi connectivity index (χ0v) is 10.8. The van der Waals surface area contributed by atoms with E-state index in [1.165, 1.54) is 6.20 Å². The van der Waals surface area contributed by atoms with Gasteiger partial charge in [-0.05, 0) is 19.4 Å². The Morgan fingerprint density at radius 3 is 2.68 bits per heavy atom. The predicted molar refractivity (Wildman–Crippen MR) is 66.1 cm³/mol. The Morgan fingerprint density at radius 2 is 2.11 bits per heavy atom. The standard InChI is InChI=1S/C12H16F3N3O/c1-8-6-10(16-2)9(7-18-8)11(19)17-5-3-4-12(13,14)15/h6-7H,3-5H2,1-2H3,(H,16,18)(H,17,19). The molecule has 0 aliphatic carbocycles. The van der Waals surface area contributed by atoms with Crippen molar-refractivity contribution in [3.05, 3.63) is 23.5 Å². The zero-order chi connectivity index (χ0) is 14.5. The molecule has 4 nitrogen and oxygen atoms in total. The van der Waals surface area contributed by atoms with Gasteiger partial charge in [-0.3, -0.25) is 9.78 Å². The van der Waals surface area contributed by atoms with Crippen LogP contribution in [0.25, 0.3) is 0 Å². The van der Waals surface area contributed by atoms with Crippen LogP contribution in [-0.2, 0) is 0 Å². The number of hydrogen-bond acceptors (Lipinski definition) is 3. The molecule has 0 saturated carbocycles. The van der Waals surface area contributed by atoms with Gasteiger partial charge < -0.3 is 10.6 Å². The van der Waals surface area contributed by atoms with Gasteiger partial charge in [0.25, 0.3) is 5.91 Å². The number of aryl methyl sites for hydroxylation is 1. The maximum absolute atomic E-state index is 11.9.